The predicted octanol–water partition coefficient (Wildman–Crippen LogP) is 3.70. The highest BCUT2D eigenvalue weighted by atomic mass is 16.5. The first kappa shape index (κ1) is 22.3. The summed E-state index contributed by atoms with van der Waals surface area (Å²) >= 11 is 0. The van der Waals surface area contributed by atoms with Crippen molar-refractivity contribution in [3.8, 4) is 5.75 Å². The lowest BCUT2D eigenvalue weighted by Gasteiger charge is -2.20. The molecular weight excluding hydrogens is 420 g/mol. The topological polar surface area (TPSA) is 97.0 Å². The molecule has 0 saturated heterocycles. The third kappa shape index (κ3) is 4.37. The van der Waals surface area contributed by atoms with Crippen LogP contribution in [-0.2, 0) is 17.6 Å². The lowest BCUT2D eigenvalue weighted by atomic mass is 10.1. The third-order valence-electron chi connectivity index (χ3n) is 5.63. The summed E-state index contributed by atoms with van der Waals surface area (Å²) in [6.07, 6.45) is 1.29. The number of carbonyl (C=O) groups excluding carboxylic acids is 2. The van der Waals surface area contributed by atoms with Gasteiger partial charge in [-0.3, -0.25) is 14.6 Å². The van der Waals surface area contributed by atoms with E-state index >= 15 is 0 Å². The molecule has 0 unspecified atom stereocenters. The number of rotatable bonds is 4. The van der Waals surface area contributed by atoms with Gasteiger partial charge in [0.05, 0.1) is 11.4 Å². The average molecular weight is 447 g/mol. The molecule has 3 aromatic rings. The molecule has 0 aliphatic carbocycles. The number of likely N-dealkylation sites (N-methyl/N-ethyl adjacent to an activating group) is 1. The summed E-state index contributed by atoms with van der Waals surface area (Å²) in [5.74, 6) is 0.411. The number of anilines is 1. The van der Waals surface area contributed by atoms with Crippen molar-refractivity contribution in [2.24, 2.45) is 4.99 Å². The molecule has 0 spiro atoms. The Kier molecular flexibility index (Phi) is 6.00. The normalized spacial score (nSPS) is 16.7. The Morgan fingerprint density at radius 2 is 2.00 bits per heavy atom. The first-order chi connectivity index (χ1) is 15.5. The maximum Gasteiger partial charge on any atom is 0.274 e. The van der Waals surface area contributed by atoms with Gasteiger partial charge in [-0.15, -0.1) is 0 Å². The number of aromatic nitrogens is 1. The highest BCUT2D eigenvalue weighted by Crippen LogP contribution is 2.39. The van der Waals surface area contributed by atoms with Crippen LogP contribution in [0.2, 0.25) is 0 Å². The zero-order chi connectivity index (χ0) is 22.2. The van der Waals surface area contributed by atoms with Crippen molar-refractivity contribution >= 4 is 28.9 Å². The van der Waals surface area contributed by atoms with Crippen molar-refractivity contribution in [1.82, 2.24) is 10.5 Å². The number of ether oxygens (including phenoxy) is 1. The Morgan fingerprint density at radius 1 is 1.21 bits per heavy atom. The zero-order valence-electron chi connectivity index (χ0n) is 17.8. The van der Waals surface area contributed by atoms with Crippen LogP contribution in [0, 0.1) is 0 Å². The number of aliphatic imine (C=N–C) groups is 1. The molecule has 3 heterocycles. The second-order valence-electron chi connectivity index (χ2n) is 8.05. The van der Waals surface area contributed by atoms with Gasteiger partial charge < -0.3 is 19.5 Å². The van der Waals surface area contributed by atoms with Gasteiger partial charge in [0.1, 0.15) is 24.2 Å². The van der Waals surface area contributed by atoms with Gasteiger partial charge in [-0.05, 0) is 30.2 Å². The predicted molar refractivity (Wildman–Crippen MR) is 126 cm³/mol. The molecule has 1 aromatic heterocycles. The van der Waals surface area contributed by atoms with Crippen molar-refractivity contribution in [2.45, 2.75) is 33.2 Å². The Morgan fingerprint density at radius 3 is 2.79 bits per heavy atom. The lowest BCUT2D eigenvalue weighted by molar-refractivity contribution is -0.120. The maximum absolute atomic E-state index is 13.0. The monoisotopic (exact) mass is 446 g/mol. The van der Waals surface area contributed by atoms with E-state index < -0.39 is 11.9 Å². The minimum absolute atomic E-state index is 0. The molecule has 2 aliphatic rings. The van der Waals surface area contributed by atoms with E-state index in [1.807, 2.05) is 49.4 Å². The molecule has 0 saturated carbocycles. The SMILES string of the molecule is C.CC1=Nc2cc3c(cc2C1)OC[C@H](NC(=O)c1cc(Cc2ccccc2)on1)C(=O)N3C. The molecule has 2 amide bonds. The molecule has 1 N–H and O–H groups in total. The number of hydrogen-bond donors (Lipinski definition) is 1. The number of fused-ring (bicyclic) bond motifs is 2. The smallest absolute Gasteiger partial charge is 0.274 e. The molecule has 170 valence electrons. The molecule has 0 fully saturated rings. The van der Waals surface area contributed by atoms with Gasteiger partial charge in [0.25, 0.3) is 11.8 Å². The Labute approximate surface area is 192 Å². The fraction of sp³-hybridized carbons (Fsp3) is 0.280. The van der Waals surface area contributed by atoms with Crippen LogP contribution in [0.15, 0.2) is 58.0 Å². The van der Waals surface area contributed by atoms with Crippen LogP contribution >= 0.6 is 0 Å². The molecular formula is C25H26N4O4. The van der Waals surface area contributed by atoms with Gasteiger partial charge in [0.15, 0.2) is 5.69 Å². The van der Waals surface area contributed by atoms with Gasteiger partial charge in [-0.1, -0.05) is 42.9 Å². The maximum atomic E-state index is 13.0. The standard InChI is InChI=1S/C24H22N4O4.CH4/c1-14-8-16-10-22-21(12-18(16)25-14)28(2)24(30)20(13-31-22)26-23(29)19-11-17(32-27-19)9-15-6-4-3-5-7-15;/h3-7,10-12,20H,8-9,13H2,1-2H3,(H,26,29);1H4/t20-;/m0./s1. The van der Waals surface area contributed by atoms with Crippen molar-refractivity contribution in [1.29, 1.82) is 0 Å². The Balaban J connectivity index is 0.00000259. The van der Waals surface area contributed by atoms with Crippen molar-refractivity contribution in [3.05, 3.63) is 71.1 Å². The summed E-state index contributed by atoms with van der Waals surface area (Å²) in [7, 11) is 1.67. The summed E-state index contributed by atoms with van der Waals surface area (Å²) in [6, 6.07) is 14.3. The van der Waals surface area contributed by atoms with E-state index in [1.165, 1.54) is 4.90 Å². The van der Waals surface area contributed by atoms with Crippen LogP contribution in [0.3, 0.4) is 0 Å². The minimum atomic E-state index is -0.853. The molecule has 0 bridgehead atoms. The van der Waals surface area contributed by atoms with E-state index in [1.54, 1.807) is 13.1 Å². The molecule has 8 heteroatoms. The molecule has 2 aromatic carbocycles. The molecule has 0 radical (unpaired) electrons. The fourth-order valence-electron chi connectivity index (χ4n) is 3.98. The number of hydrogen-bond acceptors (Lipinski definition) is 6. The van der Waals surface area contributed by atoms with E-state index in [9.17, 15) is 9.59 Å². The molecule has 1 atom stereocenters. The largest absolute Gasteiger partial charge is 0.489 e. The molecule has 8 nitrogen and oxygen atoms in total. The van der Waals surface area contributed by atoms with Crippen LogP contribution in [0.5, 0.6) is 5.75 Å². The molecule has 2 aliphatic heterocycles. The third-order valence-corrected chi connectivity index (χ3v) is 5.63. The van der Waals surface area contributed by atoms with Crippen LogP contribution < -0.4 is 15.0 Å². The van der Waals surface area contributed by atoms with Gasteiger partial charge in [-0.2, -0.15) is 0 Å². The average Bonchev–Trinajstić information content (AvgIpc) is 3.38. The van der Waals surface area contributed by atoms with Crippen LogP contribution in [0.1, 0.15) is 41.7 Å². The lowest BCUT2D eigenvalue weighted by Crippen LogP contribution is -2.49. The van der Waals surface area contributed by atoms with E-state index in [0.29, 0.717) is 23.6 Å². The highest BCUT2D eigenvalue weighted by Gasteiger charge is 2.32. The number of amides is 2. The van der Waals surface area contributed by atoms with E-state index in [4.69, 9.17) is 9.26 Å². The number of benzene rings is 2. The second kappa shape index (κ2) is 8.90. The van der Waals surface area contributed by atoms with E-state index in [2.05, 4.69) is 15.5 Å². The van der Waals surface area contributed by atoms with E-state index in [0.717, 1.165) is 28.9 Å². The second-order valence-corrected chi connectivity index (χ2v) is 8.05. The first-order valence-electron chi connectivity index (χ1n) is 10.4. The van der Waals surface area contributed by atoms with Gasteiger partial charge in [0.2, 0.25) is 0 Å². The molecule has 33 heavy (non-hydrogen) atoms. The van der Waals surface area contributed by atoms with Gasteiger partial charge >= 0.3 is 0 Å². The van der Waals surface area contributed by atoms with Crippen LogP contribution in [0.25, 0.3) is 0 Å². The zero-order valence-corrected chi connectivity index (χ0v) is 17.8. The summed E-state index contributed by atoms with van der Waals surface area (Å²) < 4.78 is 11.2. The molecule has 5 rings (SSSR count). The number of nitrogens with zero attached hydrogens (tertiary/aromatic N) is 3. The fourth-order valence-corrected chi connectivity index (χ4v) is 3.98. The number of nitrogens with one attached hydrogen (secondary N) is 1. The van der Waals surface area contributed by atoms with Crippen molar-refractivity contribution in [2.75, 3.05) is 18.6 Å². The van der Waals surface area contributed by atoms with Crippen LogP contribution in [-0.4, -0.2) is 42.4 Å². The van der Waals surface area contributed by atoms with Gasteiger partial charge in [0, 0.05) is 31.7 Å². The quantitative estimate of drug-likeness (QED) is 0.659. The summed E-state index contributed by atoms with van der Waals surface area (Å²) in [5.41, 5.74) is 4.75. The summed E-state index contributed by atoms with van der Waals surface area (Å²) in [4.78, 5) is 31.8. The van der Waals surface area contributed by atoms with E-state index in [-0.39, 0.29) is 25.6 Å². The van der Waals surface area contributed by atoms with Crippen molar-refractivity contribution < 1.29 is 18.8 Å². The van der Waals surface area contributed by atoms with Crippen LogP contribution in [0.4, 0.5) is 11.4 Å². The Bertz CT molecular complexity index is 1230. The van der Waals surface area contributed by atoms with Gasteiger partial charge in [-0.25, -0.2) is 0 Å². The first-order valence-corrected chi connectivity index (χ1v) is 10.4. The summed E-state index contributed by atoms with van der Waals surface area (Å²) in [5, 5.41) is 6.59. The highest BCUT2D eigenvalue weighted by molar-refractivity contribution is 6.03. The summed E-state index contributed by atoms with van der Waals surface area (Å²) in [6.45, 7) is 2.00. The minimum Gasteiger partial charge on any atom is -0.489 e. The number of carbonyl (C=O) groups is 2. The Hall–Kier alpha value is -3.94. The van der Waals surface area contributed by atoms with Crippen molar-refractivity contribution in [3.63, 3.8) is 0 Å².